The largest absolute Gasteiger partial charge is 0.492 e. The molecule has 1 amide bonds. The Bertz CT molecular complexity index is 996. The lowest BCUT2D eigenvalue weighted by atomic mass is 10.1. The van der Waals surface area contributed by atoms with Crippen LogP contribution in [0.2, 0.25) is 0 Å². The number of carbonyl (C=O) groups is 1. The van der Waals surface area contributed by atoms with Crippen molar-refractivity contribution in [2.45, 2.75) is 19.9 Å². The number of carbonyl (C=O) groups excluding carboxylic acids is 1. The van der Waals surface area contributed by atoms with E-state index in [9.17, 15) is 9.59 Å². The van der Waals surface area contributed by atoms with Gasteiger partial charge in [-0.25, -0.2) is 4.98 Å². The van der Waals surface area contributed by atoms with Crippen LogP contribution in [0.1, 0.15) is 12.0 Å². The van der Waals surface area contributed by atoms with Crippen molar-refractivity contribution in [2.24, 2.45) is 5.73 Å². The van der Waals surface area contributed by atoms with Crippen LogP contribution in [0, 0.1) is 6.92 Å². The molecule has 0 bridgehead atoms. The third kappa shape index (κ3) is 4.51. The Kier molecular flexibility index (Phi) is 5.83. The Morgan fingerprint density at radius 2 is 2.00 bits per heavy atom. The van der Waals surface area contributed by atoms with Crippen LogP contribution in [0.3, 0.4) is 0 Å². The number of benzene rings is 2. The van der Waals surface area contributed by atoms with Gasteiger partial charge < -0.3 is 15.8 Å². The van der Waals surface area contributed by atoms with Gasteiger partial charge in [0.15, 0.2) is 0 Å². The number of amides is 1. The van der Waals surface area contributed by atoms with Crippen molar-refractivity contribution in [2.75, 3.05) is 18.5 Å². The SMILES string of the molecule is Cc1cccc2c(=O)n(CCC(=O)Nc3ccc(OCCN)cc3)cnc12. The highest BCUT2D eigenvalue weighted by Gasteiger charge is 2.08. The average molecular weight is 366 g/mol. The highest BCUT2D eigenvalue weighted by Crippen LogP contribution is 2.16. The summed E-state index contributed by atoms with van der Waals surface area (Å²) in [6.45, 7) is 3.07. The second-order valence-corrected chi connectivity index (χ2v) is 6.17. The Morgan fingerprint density at radius 1 is 1.22 bits per heavy atom. The fraction of sp³-hybridized carbons (Fsp3) is 0.250. The van der Waals surface area contributed by atoms with Gasteiger partial charge in [-0.15, -0.1) is 0 Å². The lowest BCUT2D eigenvalue weighted by molar-refractivity contribution is -0.116. The predicted molar refractivity (Wildman–Crippen MR) is 105 cm³/mol. The first-order valence-corrected chi connectivity index (χ1v) is 8.76. The number of nitrogens with one attached hydrogen (secondary N) is 1. The molecule has 0 atom stereocenters. The maximum atomic E-state index is 12.5. The summed E-state index contributed by atoms with van der Waals surface area (Å²) in [5, 5.41) is 3.37. The van der Waals surface area contributed by atoms with Crippen molar-refractivity contribution < 1.29 is 9.53 Å². The van der Waals surface area contributed by atoms with Crippen molar-refractivity contribution in [3.05, 3.63) is 64.7 Å². The van der Waals surface area contributed by atoms with E-state index in [1.807, 2.05) is 19.1 Å². The maximum Gasteiger partial charge on any atom is 0.261 e. The van der Waals surface area contributed by atoms with Crippen LogP contribution in [0.25, 0.3) is 10.9 Å². The third-order valence-corrected chi connectivity index (χ3v) is 4.16. The number of hydrogen-bond donors (Lipinski definition) is 2. The third-order valence-electron chi connectivity index (χ3n) is 4.16. The topological polar surface area (TPSA) is 99.2 Å². The van der Waals surface area contributed by atoms with Crippen LogP contribution in [-0.4, -0.2) is 28.6 Å². The van der Waals surface area contributed by atoms with E-state index in [1.165, 1.54) is 10.9 Å². The summed E-state index contributed by atoms with van der Waals surface area (Å²) in [6.07, 6.45) is 1.67. The van der Waals surface area contributed by atoms with Gasteiger partial charge in [-0.3, -0.25) is 14.2 Å². The standard InChI is InChI=1S/C20H22N4O3/c1-14-3-2-4-17-19(14)22-13-24(20(17)26)11-9-18(25)23-15-5-7-16(8-6-15)27-12-10-21/h2-8,13H,9-12,21H2,1H3,(H,23,25). The first kappa shape index (κ1) is 18.6. The summed E-state index contributed by atoms with van der Waals surface area (Å²) >= 11 is 0. The number of hydrogen-bond acceptors (Lipinski definition) is 5. The Balaban J connectivity index is 1.61. The van der Waals surface area contributed by atoms with Gasteiger partial charge >= 0.3 is 0 Å². The van der Waals surface area contributed by atoms with E-state index in [2.05, 4.69) is 10.3 Å². The molecule has 7 heteroatoms. The lowest BCUT2D eigenvalue weighted by Crippen LogP contribution is -2.23. The van der Waals surface area contributed by atoms with Gasteiger partial charge in [0, 0.05) is 25.2 Å². The van der Waals surface area contributed by atoms with Crippen LogP contribution < -0.4 is 21.3 Å². The number of ether oxygens (including phenoxy) is 1. The van der Waals surface area contributed by atoms with Gasteiger partial charge in [0.2, 0.25) is 5.91 Å². The molecular weight excluding hydrogens is 344 g/mol. The number of aromatic nitrogens is 2. The van der Waals surface area contributed by atoms with Gasteiger partial charge in [-0.1, -0.05) is 12.1 Å². The normalized spacial score (nSPS) is 10.7. The molecule has 0 unspecified atom stereocenters. The summed E-state index contributed by atoms with van der Waals surface area (Å²) in [5.74, 6) is 0.518. The highest BCUT2D eigenvalue weighted by atomic mass is 16.5. The number of nitrogens with two attached hydrogens (primary N) is 1. The number of fused-ring (bicyclic) bond motifs is 1. The fourth-order valence-corrected chi connectivity index (χ4v) is 2.75. The summed E-state index contributed by atoms with van der Waals surface area (Å²) in [6, 6.07) is 12.6. The number of para-hydroxylation sites is 1. The van der Waals surface area contributed by atoms with E-state index in [-0.39, 0.29) is 24.4 Å². The summed E-state index contributed by atoms with van der Waals surface area (Å²) in [5.41, 5.74) is 7.56. The van der Waals surface area contributed by atoms with Crippen molar-refractivity contribution in [3.63, 3.8) is 0 Å². The van der Waals surface area contributed by atoms with E-state index < -0.39 is 0 Å². The first-order valence-electron chi connectivity index (χ1n) is 8.76. The van der Waals surface area contributed by atoms with Gasteiger partial charge in [0.05, 0.1) is 17.2 Å². The zero-order valence-corrected chi connectivity index (χ0v) is 15.1. The molecule has 0 aliphatic carbocycles. The molecule has 7 nitrogen and oxygen atoms in total. The molecule has 0 saturated carbocycles. The second kappa shape index (κ2) is 8.46. The molecule has 3 rings (SSSR count). The summed E-state index contributed by atoms with van der Waals surface area (Å²) in [4.78, 5) is 29.1. The van der Waals surface area contributed by atoms with Gasteiger partial charge in [-0.2, -0.15) is 0 Å². The summed E-state index contributed by atoms with van der Waals surface area (Å²) < 4.78 is 6.86. The van der Waals surface area contributed by atoms with Gasteiger partial charge in [0.1, 0.15) is 12.4 Å². The molecule has 3 aromatic rings. The second-order valence-electron chi connectivity index (χ2n) is 6.17. The minimum atomic E-state index is -0.179. The zero-order chi connectivity index (χ0) is 19.2. The van der Waals surface area contributed by atoms with Crippen LogP contribution >= 0.6 is 0 Å². The lowest BCUT2D eigenvalue weighted by Gasteiger charge is -2.09. The highest BCUT2D eigenvalue weighted by molar-refractivity contribution is 5.90. The molecule has 140 valence electrons. The molecule has 0 spiro atoms. The monoisotopic (exact) mass is 366 g/mol. The molecule has 27 heavy (non-hydrogen) atoms. The fourth-order valence-electron chi connectivity index (χ4n) is 2.75. The van der Waals surface area contributed by atoms with E-state index in [1.54, 1.807) is 30.3 Å². The number of aryl methyl sites for hydroxylation is 2. The molecule has 3 N–H and O–H groups in total. The Labute approximate surface area is 156 Å². The molecule has 0 fully saturated rings. The first-order chi connectivity index (χ1) is 13.1. The number of nitrogens with zero attached hydrogens (tertiary/aromatic N) is 2. The minimum absolute atomic E-state index is 0.141. The van der Waals surface area contributed by atoms with Gasteiger partial charge in [-0.05, 0) is 42.8 Å². The summed E-state index contributed by atoms with van der Waals surface area (Å²) in [7, 11) is 0. The Morgan fingerprint density at radius 3 is 2.74 bits per heavy atom. The molecule has 2 aromatic carbocycles. The molecule has 1 aromatic heterocycles. The zero-order valence-electron chi connectivity index (χ0n) is 15.1. The van der Waals surface area contributed by atoms with Crippen LogP contribution in [0.15, 0.2) is 53.6 Å². The number of anilines is 1. The number of rotatable bonds is 7. The van der Waals surface area contributed by atoms with E-state index in [0.29, 0.717) is 35.5 Å². The smallest absolute Gasteiger partial charge is 0.261 e. The van der Waals surface area contributed by atoms with Crippen molar-refractivity contribution in [1.29, 1.82) is 0 Å². The van der Waals surface area contributed by atoms with Crippen molar-refractivity contribution in [3.8, 4) is 5.75 Å². The van der Waals surface area contributed by atoms with Crippen molar-refractivity contribution in [1.82, 2.24) is 9.55 Å². The van der Waals surface area contributed by atoms with Crippen LogP contribution in [-0.2, 0) is 11.3 Å². The van der Waals surface area contributed by atoms with E-state index in [4.69, 9.17) is 10.5 Å². The Hall–Kier alpha value is -3.19. The van der Waals surface area contributed by atoms with E-state index >= 15 is 0 Å². The van der Waals surface area contributed by atoms with Crippen LogP contribution in [0.4, 0.5) is 5.69 Å². The van der Waals surface area contributed by atoms with E-state index in [0.717, 1.165) is 5.56 Å². The minimum Gasteiger partial charge on any atom is -0.492 e. The molecule has 0 radical (unpaired) electrons. The molecular formula is C20H22N4O3. The van der Waals surface area contributed by atoms with Crippen LogP contribution in [0.5, 0.6) is 5.75 Å². The van der Waals surface area contributed by atoms with Gasteiger partial charge in [0.25, 0.3) is 5.56 Å². The maximum absolute atomic E-state index is 12.5. The molecule has 1 heterocycles. The predicted octanol–water partition coefficient (Wildman–Crippen LogP) is 2.07. The average Bonchev–Trinajstić information content (AvgIpc) is 2.67. The quantitative estimate of drug-likeness (QED) is 0.667. The molecule has 0 saturated heterocycles. The molecule has 0 aliphatic heterocycles. The van der Waals surface area contributed by atoms with Crippen molar-refractivity contribution >= 4 is 22.5 Å². The molecule has 0 aliphatic rings.